The minimum absolute atomic E-state index is 0.256. The summed E-state index contributed by atoms with van der Waals surface area (Å²) in [6.45, 7) is 2.00. The molecule has 2 aliphatic rings. The van der Waals surface area contributed by atoms with Crippen LogP contribution in [0.5, 0.6) is 0 Å². The van der Waals surface area contributed by atoms with Crippen LogP contribution < -0.4 is 19.2 Å². The van der Waals surface area contributed by atoms with Crippen LogP contribution in [-0.2, 0) is 27.2 Å². The third-order valence-electron chi connectivity index (χ3n) is 7.03. The first-order valence-corrected chi connectivity index (χ1v) is 14.5. The van der Waals surface area contributed by atoms with Gasteiger partial charge in [0, 0.05) is 26.9 Å². The van der Waals surface area contributed by atoms with Gasteiger partial charge in [-0.05, 0) is 92.1 Å². The Kier molecular flexibility index (Phi) is 7.17. The molecule has 0 bridgehead atoms. The normalized spacial score (nSPS) is 19.2. The molecule has 1 saturated heterocycles. The van der Waals surface area contributed by atoms with Crippen molar-refractivity contribution in [1.29, 1.82) is 5.26 Å². The van der Waals surface area contributed by atoms with E-state index in [0.717, 1.165) is 42.3 Å². The van der Waals surface area contributed by atoms with Crippen LogP contribution in [0.15, 0.2) is 72.8 Å². The van der Waals surface area contributed by atoms with Crippen LogP contribution >= 0.6 is 12.2 Å². The summed E-state index contributed by atoms with van der Waals surface area (Å²) in [6.07, 6.45) is -2.66. The summed E-state index contributed by atoms with van der Waals surface area (Å²) in [7, 11) is -0.957. The molecule has 1 spiro atoms. The SMILES string of the molecule is Cc1ccc(N2C(=S)N(c3ccc(C#N)c(C(F)(F)F)c3)C(NS(=S)Nc3ccccc3)C23CCC3)cc1. The molecule has 38 heavy (non-hydrogen) atoms. The van der Waals surface area contributed by atoms with Gasteiger partial charge in [-0.1, -0.05) is 35.9 Å². The Morgan fingerprint density at radius 3 is 2.26 bits per heavy atom. The largest absolute Gasteiger partial charge is 0.417 e. The van der Waals surface area contributed by atoms with Crippen molar-refractivity contribution in [3.05, 3.63) is 89.5 Å². The minimum Gasteiger partial charge on any atom is -0.315 e. The average molecular weight is 572 g/mol. The van der Waals surface area contributed by atoms with E-state index < -0.39 is 38.8 Å². The highest BCUT2D eigenvalue weighted by Gasteiger charge is 2.59. The fourth-order valence-electron chi connectivity index (χ4n) is 5.05. The van der Waals surface area contributed by atoms with E-state index in [1.807, 2.05) is 61.5 Å². The molecule has 2 fully saturated rings. The predicted molar refractivity (Wildman–Crippen MR) is 153 cm³/mol. The number of halogens is 3. The number of benzene rings is 3. The number of para-hydroxylation sites is 1. The molecule has 2 unspecified atom stereocenters. The van der Waals surface area contributed by atoms with Gasteiger partial charge in [0.2, 0.25) is 0 Å². The van der Waals surface area contributed by atoms with Gasteiger partial charge in [0.15, 0.2) is 5.11 Å². The Morgan fingerprint density at radius 1 is 1.03 bits per heavy atom. The van der Waals surface area contributed by atoms with Crippen molar-refractivity contribution in [2.75, 3.05) is 14.5 Å². The maximum atomic E-state index is 13.9. The van der Waals surface area contributed by atoms with Crippen molar-refractivity contribution >= 4 is 55.4 Å². The summed E-state index contributed by atoms with van der Waals surface area (Å²) >= 11 is 11.7. The van der Waals surface area contributed by atoms with Crippen LogP contribution in [0.4, 0.5) is 30.2 Å². The van der Waals surface area contributed by atoms with E-state index in [2.05, 4.69) is 14.3 Å². The third kappa shape index (κ3) is 4.78. The topological polar surface area (TPSA) is 54.3 Å². The molecule has 2 atom stereocenters. The van der Waals surface area contributed by atoms with Crippen molar-refractivity contribution in [3.8, 4) is 6.07 Å². The second-order valence-corrected chi connectivity index (χ2v) is 11.7. The Hall–Kier alpha value is -3.04. The smallest absolute Gasteiger partial charge is 0.315 e. The zero-order valence-electron chi connectivity index (χ0n) is 20.3. The number of hydrogen-bond donors (Lipinski definition) is 2. The molecule has 5 rings (SSSR count). The van der Waals surface area contributed by atoms with Crippen LogP contribution in [0.1, 0.15) is 36.0 Å². The maximum Gasteiger partial charge on any atom is 0.417 e. The summed E-state index contributed by atoms with van der Waals surface area (Å²) in [5, 5.41) is 9.70. The summed E-state index contributed by atoms with van der Waals surface area (Å²) in [5.74, 6) is 0. The molecule has 3 aromatic rings. The number of rotatable bonds is 6. The quantitative estimate of drug-likeness (QED) is 0.334. The van der Waals surface area contributed by atoms with Gasteiger partial charge in [0.1, 0.15) is 6.17 Å². The highest BCUT2D eigenvalue weighted by molar-refractivity contribution is 8.28. The fourth-order valence-corrected chi connectivity index (χ4v) is 7.05. The minimum atomic E-state index is -4.69. The number of nitriles is 1. The average Bonchev–Trinajstić information content (AvgIpc) is 3.12. The van der Waals surface area contributed by atoms with E-state index in [0.29, 0.717) is 5.11 Å². The van der Waals surface area contributed by atoms with Gasteiger partial charge >= 0.3 is 6.18 Å². The molecular formula is C27H24F3N5S3. The molecule has 0 amide bonds. The van der Waals surface area contributed by atoms with E-state index >= 15 is 0 Å². The lowest BCUT2D eigenvalue weighted by molar-refractivity contribution is -0.137. The first-order valence-electron chi connectivity index (χ1n) is 12.0. The molecule has 1 aliphatic heterocycles. The second kappa shape index (κ2) is 10.3. The molecule has 0 aromatic heterocycles. The standard InChI is InChI=1S/C27H24F3N5S3/c1-18-8-11-21(12-9-18)35-25(36)34(22-13-10-19(17-31)23(16-22)27(28,29)30)24(26(35)14-5-15-26)33-38(37)32-20-6-3-2-4-7-20/h2-4,6-13,16,24,32-33H,5,14-15H2,1H3. The molecular weight excluding hydrogens is 548 g/mol. The number of nitrogens with zero attached hydrogens (tertiary/aromatic N) is 3. The number of anilines is 3. The summed E-state index contributed by atoms with van der Waals surface area (Å²) < 4.78 is 48.5. The van der Waals surface area contributed by atoms with Crippen LogP contribution in [-0.4, -0.2) is 16.8 Å². The van der Waals surface area contributed by atoms with Crippen molar-refractivity contribution in [2.24, 2.45) is 0 Å². The highest BCUT2D eigenvalue weighted by atomic mass is 32.8. The van der Waals surface area contributed by atoms with Crippen molar-refractivity contribution in [2.45, 2.75) is 44.1 Å². The molecule has 0 radical (unpaired) electrons. The van der Waals surface area contributed by atoms with Gasteiger partial charge in [0.25, 0.3) is 0 Å². The van der Waals surface area contributed by atoms with Crippen molar-refractivity contribution in [3.63, 3.8) is 0 Å². The van der Waals surface area contributed by atoms with Crippen LogP contribution in [0.2, 0.25) is 0 Å². The van der Waals surface area contributed by atoms with Crippen LogP contribution in [0.3, 0.4) is 0 Å². The van der Waals surface area contributed by atoms with E-state index in [-0.39, 0.29) is 5.69 Å². The van der Waals surface area contributed by atoms with Gasteiger partial charge in [0.05, 0.1) is 22.7 Å². The summed E-state index contributed by atoms with van der Waals surface area (Å²) in [6, 6.07) is 22.8. The Morgan fingerprint density at radius 2 is 1.68 bits per heavy atom. The monoisotopic (exact) mass is 571 g/mol. The fraction of sp³-hybridized carbons (Fsp3) is 0.259. The Bertz CT molecular complexity index is 1420. The Labute approximate surface area is 232 Å². The highest BCUT2D eigenvalue weighted by Crippen LogP contribution is 2.50. The van der Waals surface area contributed by atoms with Gasteiger partial charge in [-0.15, -0.1) is 0 Å². The molecule has 196 valence electrons. The Balaban J connectivity index is 1.60. The number of hydrogen-bond acceptors (Lipinski definition) is 3. The number of aryl methyl sites for hydroxylation is 1. The molecule has 1 heterocycles. The van der Waals surface area contributed by atoms with Crippen molar-refractivity contribution in [1.82, 2.24) is 4.72 Å². The lowest BCUT2D eigenvalue weighted by Gasteiger charge is -2.48. The van der Waals surface area contributed by atoms with E-state index in [4.69, 9.17) is 23.4 Å². The first kappa shape index (κ1) is 26.6. The predicted octanol–water partition coefficient (Wildman–Crippen LogP) is 6.36. The second-order valence-electron chi connectivity index (χ2n) is 9.38. The number of thiocarbonyl (C=S) groups is 1. The van der Waals surface area contributed by atoms with Gasteiger partial charge in [-0.2, -0.15) is 18.4 Å². The van der Waals surface area contributed by atoms with Crippen LogP contribution in [0.25, 0.3) is 0 Å². The number of nitrogens with one attached hydrogen (secondary N) is 2. The zero-order chi connectivity index (χ0) is 27.1. The van der Waals surface area contributed by atoms with E-state index in [1.165, 1.54) is 12.1 Å². The van der Waals surface area contributed by atoms with Crippen LogP contribution in [0, 0.1) is 18.3 Å². The molecule has 1 saturated carbocycles. The van der Waals surface area contributed by atoms with E-state index in [1.54, 1.807) is 11.0 Å². The molecule has 11 heteroatoms. The van der Waals surface area contributed by atoms with Crippen molar-refractivity contribution < 1.29 is 13.2 Å². The molecule has 2 N–H and O–H groups in total. The molecule has 5 nitrogen and oxygen atoms in total. The van der Waals surface area contributed by atoms with Gasteiger partial charge < -0.3 is 9.62 Å². The molecule has 3 aromatic carbocycles. The van der Waals surface area contributed by atoms with E-state index in [9.17, 15) is 18.4 Å². The summed E-state index contributed by atoms with van der Waals surface area (Å²) in [5.41, 5.74) is 1.14. The number of alkyl halides is 3. The molecule has 1 aliphatic carbocycles. The third-order valence-corrected chi connectivity index (χ3v) is 8.81. The first-order chi connectivity index (χ1) is 18.1. The lowest BCUT2D eigenvalue weighted by atomic mass is 9.73. The van der Waals surface area contributed by atoms with Gasteiger partial charge in [-0.25, -0.2) is 4.72 Å². The van der Waals surface area contributed by atoms with Gasteiger partial charge in [-0.3, -0.25) is 4.90 Å². The lowest BCUT2D eigenvalue weighted by Crippen LogP contribution is -2.63. The maximum absolute atomic E-state index is 13.9. The zero-order valence-corrected chi connectivity index (χ0v) is 22.8. The summed E-state index contributed by atoms with van der Waals surface area (Å²) in [4.78, 5) is 3.78.